The minimum absolute atomic E-state index is 0.125. The van der Waals surface area contributed by atoms with E-state index in [1.807, 2.05) is 6.92 Å². The van der Waals surface area contributed by atoms with Crippen molar-refractivity contribution in [1.82, 2.24) is 14.5 Å². The maximum absolute atomic E-state index is 12.6. The lowest BCUT2D eigenvalue weighted by Gasteiger charge is -2.20. The fraction of sp³-hybridized carbons (Fsp3) is 0.636. The molecular formula is C11H15F2N3O2. The molecule has 5 nitrogen and oxygen atoms in total. The van der Waals surface area contributed by atoms with E-state index in [1.165, 1.54) is 12.4 Å². The molecule has 0 unspecified atom stereocenters. The molecule has 1 aromatic heterocycles. The molecule has 100 valence electrons. The highest BCUT2D eigenvalue weighted by molar-refractivity contribution is 5.77. The van der Waals surface area contributed by atoms with Gasteiger partial charge in [0.1, 0.15) is 18.0 Å². The van der Waals surface area contributed by atoms with Gasteiger partial charge < -0.3 is 4.74 Å². The summed E-state index contributed by atoms with van der Waals surface area (Å²) in [5, 5.41) is 0. The predicted octanol–water partition coefficient (Wildman–Crippen LogP) is 1.41. The number of aromatic nitrogens is 2. The second kappa shape index (κ2) is 5.01. The maximum Gasteiger partial charge on any atom is 0.323 e. The molecule has 2 rings (SSSR count). The number of esters is 1. The Kier molecular flexibility index (Phi) is 3.60. The first-order valence-electron chi connectivity index (χ1n) is 5.69. The normalized spacial score (nSPS) is 24.0. The maximum atomic E-state index is 12.6. The van der Waals surface area contributed by atoms with E-state index in [4.69, 9.17) is 4.74 Å². The van der Waals surface area contributed by atoms with Gasteiger partial charge >= 0.3 is 12.5 Å². The van der Waals surface area contributed by atoms with E-state index in [-0.39, 0.29) is 30.5 Å². The van der Waals surface area contributed by atoms with E-state index in [2.05, 4.69) is 4.98 Å². The number of nitrogens with zero attached hydrogens (tertiary/aromatic N) is 3. The Morgan fingerprint density at radius 3 is 2.94 bits per heavy atom. The van der Waals surface area contributed by atoms with Crippen LogP contribution < -0.4 is 0 Å². The third kappa shape index (κ3) is 2.50. The molecule has 7 heteroatoms. The highest BCUT2D eigenvalue weighted by Gasteiger charge is 2.35. The molecule has 2 atom stereocenters. The van der Waals surface area contributed by atoms with Gasteiger partial charge in [0.15, 0.2) is 0 Å². The summed E-state index contributed by atoms with van der Waals surface area (Å²) in [6.07, 6.45) is 3.00. The Bertz CT molecular complexity index is 436. The quantitative estimate of drug-likeness (QED) is 0.767. The van der Waals surface area contributed by atoms with Crippen LogP contribution in [0.1, 0.15) is 25.7 Å². The summed E-state index contributed by atoms with van der Waals surface area (Å²) in [4.78, 5) is 17.1. The van der Waals surface area contributed by atoms with Crippen molar-refractivity contribution in [2.45, 2.75) is 38.6 Å². The van der Waals surface area contributed by atoms with Crippen LogP contribution in [0.15, 0.2) is 12.4 Å². The van der Waals surface area contributed by atoms with Gasteiger partial charge in [-0.2, -0.15) is 8.78 Å². The number of imidazole rings is 1. The first-order valence-corrected chi connectivity index (χ1v) is 5.69. The van der Waals surface area contributed by atoms with Crippen LogP contribution in [-0.2, 0) is 16.1 Å². The van der Waals surface area contributed by atoms with Crippen molar-refractivity contribution in [2.24, 2.45) is 0 Å². The number of ether oxygens (including phenoxy) is 1. The second-order valence-electron chi connectivity index (χ2n) is 4.44. The first kappa shape index (κ1) is 12.9. The van der Waals surface area contributed by atoms with Gasteiger partial charge in [-0.1, -0.05) is 0 Å². The van der Waals surface area contributed by atoms with Gasteiger partial charge in [0.2, 0.25) is 0 Å². The van der Waals surface area contributed by atoms with Gasteiger partial charge in [-0.15, -0.1) is 0 Å². The summed E-state index contributed by atoms with van der Waals surface area (Å²) in [5.74, 6) is -0.0694. The third-order valence-corrected chi connectivity index (χ3v) is 3.03. The SMILES string of the molecule is C[C@@H]1C[C@H](N(C)Cc2nccn2C(F)F)C(=O)O1. The van der Waals surface area contributed by atoms with Gasteiger partial charge in [0, 0.05) is 18.8 Å². The zero-order valence-electron chi connectivity index (χ0n) is 10.2. The molecule has 1 aromatic rings. The monoisotopic (exact) mass is 259 g/mol. The molecule has 0 radical (unpaired) electrons. The number of carbonyl (C=O) groups excluding carboxylic acids is 1. The highest BCUT2D eigenvalue weighted by atomic mass is 19.3. The fourth-order valence-corrected chi connectivity index (χ4v) is 2.07. The summed E-state index contributed by atoms with van der Waals surface area (Å²) in [6, 6.07) is -0.386. The number of halogens is 2. The van der Waals surface area contributed by atoms with Crippen molar-refractivity contribution in [3.63, 3.8) is 0 Å². The van der Waals surface area contributed by atoms with Crippen LogP contribution in [0, 0.1) is 0 Å². The number of carbonyl (C=O) groups is 1. The summed E-state index contributed by atoms with van der Waals surface area (Å²) >= 11 is 0. The van der Waals surface area contributed by atoms with Crippen molar-refractivity contribution in [3.8, 4) is 0 Å². The molecule has 2 heterocycles. The van der Waals surface area contributed by atoms with Crippen LogP contribution in [0.25, 0.3) is 0 Å². The number of hydrogen-bond acceptors (Lipinski definition) is 4. The molecule has 18 heavy (non-hydrogen) atoms. The van der Waals surface area contributed by atoms with Gasteiger partial charge in [0.05, 0.1) is 6.54 Å². The van der Waals surface area contributed by atoms with E-state index in [0.717, 1.165) is 4.57 Å². The molecule has 0 saturated carbocycles. The minimum atomic E-state index is -2.62. The lowest BCUT2D eigenvalue weighted by atomic mass is 10.1. The number of likely N-dealkylation sites (N-methyl/N-ethyl adjacent to an activating group) is 1. The molecule has 0 N–H and O–H groups in total. The van der Waals surface area contributed by atoms with Crippen molar-refractivity contribution < 1.29 is 18.3 Å². The van der Waals surface area contributed by atoms with Crippen LogP contribution in [0.3, 0.4) is 0 Å². The third-order valence-electron chi connectivity index (χ3n) is 3.03. The molecule has 0 spiro atoms. The summed E-state index contributed by atoms with van der Waals surface area (Å²) in [6.45, 7) is -0.624. The average Bonchev–Trinajstić information content (AvgIpc) is 2.85. The molecule has 0 aliphatic carbocycles. The average molecular weight is 259 g/mol. The first-order chi connectivity index (χ1) is 8.49. The second-order valence-corrected chi connectivity index (χ2v) is 4.44. The van der Waals surface area contributed by atoms with Crippen LogP contribution in [-0.4, -0.2) is 39.6 Å². The zero-order valence-corrected chi connectivity index (χ0v) is 10.2. The van der Waals surface area contributed by atoms with Crippen molar-refractivity contribution in [3.05, 3.63) is 18.2 Å². The Labute approximate surface area is 103 Å². The zero-order chi connectivity index (χ0) is 13.3. The minimum Gasteiger partial charge on any atom is -0.461 e. The van der Waals surface area contributed by atoms with E-state index < -0.39 is 6.55 Å². The summed E-state index contributed by atoms with van der Waals surface area (Å²) in [5.41, 5.74) is 0. The van der Waals surface area contributed by atoms with E-state index in [0.29, 0.717) is 6.42 Å². The Morgan fingerprint density at radius 2 is 2.39 bits per heavy atom. The standard InChI is InChI=1S/C11H15F2N3O2/c1-7-5-8(10(17)18-7)15(2)6-9-14-3-4-16(9)11(12)13/h3-4,7-8,11H,5-6H2,1-2H3/t7-,8+/m1/s1. The molecular weight excluding hydrogens is 244 g/mol. The van der Waals surface area contributed by atoms with E-state index in [1.54, 1.807) is 11.9 Å². The molecule has 1 fully saturated rings. The smallest absolute Gasteiger partial charge is 0.323 e. The molecule has 1 saturated heterocycles. The lowest BCUT2D eigenvalue weighted by Crippen LogP contribution is -2.35. The van der Waals surface area contributed by atoms with Crippen LogP contribution in [0.2, 0.25) is 0 Å². The lowest BCUT2D eigenvalue weighted by molar-refractivity contribution is -0.144. The van der Waals surface area contributed by atoms with E-state index >= 15 is 0 Å². The van der Waals surface area contributed by atoms with Gasteiger partial charge in [-0.25, -0.2) is 4.98 Å². The van der Waals surface area contributed by atoms with Crippen LogP contribution in [0.5, 0.6) is 0 Å². The van der Waals surface area contributed by atoms with Gasteiger partial charge in [-0.05, 0) is 14.0 Å². The summed E-state index contributed by atoms with van der Waals surface area (Å²) in [7, 11) is 1.70. The highest BCUT2D eigenvalue weighted by Crippen LogP contribution is 2.21. The summed E-state index contributed by atoms with van der Waals surface area (Å²) < 4.78 is 31.1. The molecule has 0 amide bonds. The largest absolute Gasteiger partial charge is 0.461 e. The van der Waals surface area contributed by atoms with Crippen LogP contribution in [0.4, 0.5) is 8.78 Å². The van der Waals surface area contributed by atoms with Gasteiger partial charge in [0.25, 0.3) is 0 Å². The molecule has 0 bridgehead atoms. The Morgan fingerprint density at radius 1 is 1.67 bits per heavy atom. The number of rotatable bonds is 4. The van der Waals surface area contributed by atoms with Crippen molar-refractivity contribution in [2.75, 3.05) is 7.05 Å². The number of hydrogen-bond donors (Lipinski definition) is 0. The molecule has 1 aliphatic heterocycles. The number of alkyl halides is 2. The van der Waals surface area contributed by atoms with Crippen LogP contribution >= 0.6 is 0 Å². The fourth-order valence-electron chi connectivity index (χ4n) is 2.07. The van der Waals surface area contributed by atoms with E-state index in [9.17, 15) is 13.6 Å². The topological polar surface area (TPSA) is 47.4 Å². The molecule has 1 aliphatic rings. The Hall–Kier alpha value is -1.50. The van der Waals surface area contributed by atoms with Gasteiger partial charge in [-0.3, -0.25) is 14.3 Å². The molecule has 0 aromatic carbocycles. The Balaban J connectivity index is 2.05. The van der Waals surface area contributed by atoms with Crippen molar-refractivity contribution in [1.29, 1.82) is 0 Å². The number of cyclic esters (lactones) is 1. The van der Waals surface area contributed by atoms with Crippen molar-refractivity contribution >= 4 is 5.97 Å². The predicted molar refractivity (Wildman–Crippen MR) is 58.9 cm³/mol.